The van der Waals surface area contributed by atoms with Crippen LogP contribution in [0.15, 0.2) is 63.0 Å². The van der Waals surface area contributed by atoms with Crippen LogP contribution in [-0.2, 0) is 12.8 Å². The maximum atomic E-state index is 13.2. The minimum Gasteiger partial charge on any atom is -0.390 e. The molecule has 4 rings (SSSR count). The van der Waals surface area contributed by atoms with Gasteiger partial charge in [0.25, 0.3) is 5.56 Å². The average molecular weight is 486 g/mol. The maximum Gasteiger partial charge on any atom is 0.288 e. The first-order valence-corrected chi connectivity index (χ1v) is 12.4. The number of aromatic nitrogens is 3. The summed E-state index contributed by atoms with van der Waals surface area (Å²) in [6.45, 7) is 5.74. The summed E-state index contributed by atoms with van der Waals surface area (Å²) < 4.78 is 3.35. The fourth-order valence-corrected chi connectivity index (χ4v) is 5.70. The molecule has 0 spiro atoms. The van der Waals surface area contributed by atoms with Crippen LogP contribution in [0.1, 0.15) is 38.3 Å². The van der Waals surface area contributed by atoms with Gasteiger partial charge in [0.2, 0.25) is 0 Å². The second-order valence-electron chi connectivity index (χ2n) is 8.22. The first kappa shape index (κ1) is 23.0. The second kappa shape index (κ2) is 9.35. The van der Waals surface area contributed by atoms with Crippen molar-refractivity contribution in [2.75, 3.05) is 0 Å². The molecule has 1 N–H and O–H groups in total. The van der Waals surface area contributed by atoms with Gasteiger partial charge in [-0.15, -0.1) is 11.3 Å². The third-order valence-corrected chi connectivity index (χ3v) is 7.47. The first-order valence-electron chi connectivity index (χ1n) is 10.4. The van der Waals surface area contributed by atoms with E-state index >= 15 is 0 Å². The summed E-state index contributed by atoms with van der Waals surface area (Å²) in [5, 5.41) is 11.1. The highest BCUT2D eigenvalue weighted by Crippen LogP contribution is 2.33. The lowest BCUT2D eigenvalue weighted by Crippen LogP contribution is -2.21. The molecular weight excluding hydrogens is 462 g/mol. The zero-order chi connectivity index (χ0) is 22.9. The van der Waals surface area contributed by atoms with Gasteiger partial charge in [0.15, 0.2) is 9.37 Å². The van der Waals surface area contributed by atoms with E-state index in [1.54, 1.807) is 17.0 Å². The van der Waals surface area contributed by atoms with Crippen LogP contribution in [0, 0.1) is 0 Å². The van der Waals surface area contributed by atoms with Crippen molar-refractivity contribution in [1.29, 1.82) is 0 Å². The zero-order valence-corrected chi connectivity index (χ0v) is 20.5. The molecule has 0 amide bonds. The van der Waals surface area contributed by atoms with E-state index in [1.807, 2.05) is 38.1 Å². The summed E-state index contributed by atoms with van der Waals surface area (Å²) in [6, 6.07) is 11.6. The molecule has 0 aliphatic heterocycles. The largest absolute Gasteiger partial charge is 0.390 e. The van der Waals surface area contributed by atoms with E-state index in [4.69, 9.17) is 11.6 Å². The van der Waals surface area contributed by atoms with Crippen LogP contribution < -0.4 is 5.56 Å². The Kier molecular flexibility index (Phi) is 6.72. The van der Waals surface area contributed by atoms with E-state index in [9.17, 15) is 9.90 Å². The van der Waals surface area contributed by atoms with Gasteiger partial charge < -0.3 is 5.11 Å². The smallest absolute Gasteiger partial charge is 0.288 e. The highest BCUT2D eigenvalue weighted by molar-refractivity contribution is 8.01. The predicted octanol–water partition coefficient (Wildman–Crippen LogP) is 5.91. The Morgan fingerprint density at radius 1 is 1.19 bits per heavy atom. The summed E-state index contributed by atoms with van der Waals surface area (Å²) in [6.07, 6.45) is 5.66. The van der Waals surface area contributed by atoms with Gasteiger partial charge in [0.05, 0.1) is 15.8 Å². The van der Waals surface area contributed by atoms with Gasteiger partial charge >= 0.3 is 0 Å². The summed E-state index contributed by atoms with van der Waals surface area (Å²) in [7, 11) is 0. The molecule has 0 saturated heterocycles. The molecule has 0 atom stereocenters. The summed E-state index contributed by atoms with van der Waals surface area (Å²) in [5.74, 6) is 0. The number of halogens is 1. The zero-order valence-electron chi connectivity index (χ0n) is 18.1. The molecule has 2 aromatic carbocycles. The van der Waals surface area contributed by atoms with E-state index in [0.717, 1.165) is 33.1 Å². The Bertz CT molecular complexity index is 1330. The Hall–Kier alpha value is -2.19. The number of benzene rings is 2. The van der Waals surface area contributed by atoms with Gasteiger partial charge in [-0.1, -0.05) is 24.6 Å². The van der Waals surface area contributed by atoms with Crippen LogP contribution in [0.4, 0.5) is 0 Å². The number of aryl methyl sites for hydroxylation is 2. The Morgan fingerprint density at radius 3 is 2.75 bits per heavy atom. The van der Waals surface area contributed by atoms with E-state index < -0.39 is 5.60 Å². The highest BCUT2D eigenvalue weighted by atomic mass is 35.5. The fourth-order valence-electron chi connectivity index (χ4n) is 3.45. The van der Waals surface area contributed by atoms with Gasteiger partial charge in [0, 0.05) is 23.1 Å². The quantitative estimate of drug-likeness (QED) is 0.352. The Balaban J connectivity index is 1.63. The van der Waals surface area contributed by atoms with Crippen LogP contribution in [0.2, 0.25) is 5.02 Å². The first-order chi connectivity index (χ1) is 15.2. The average Bonchev–Trinajstić information content (AvgIpc) is 3.14. The standard InChI is InChI=1S/C24H24ClN3O2S2/c1-4-15-13-18(7-5-16(15)9-10-24(2,3)30)28-12-11-26-21(22(28)29)32-23-27-19-8-6-17(25)14-20(19)31-23/h5-8,11-14,30H,4,9-10H2,1-3H3. The highest BCUT2D eigenvalue weighted by Gasteiger charge is 2.15. The van der Waals surface area contributed by atoms with Gasteiger partial charge in [-0.25, -0.2) is 9.97 Å². The number of nitrogens with zero attached hydrogens (tertiary/aromatic N) is 3. The van der Waals surface area contributed by atoms with Crippen LogP contribution in [0.5, 0.6) is 0 Å². The van der Waals surface area contributed by atoms with Gasteiger partial charge in [-0.2, -0.15) is 0 Å². The number of thiazole rings is 1. The molecule has 0 aliphatic carbocycles. The topological polar surface area (TPSA) is 68.0 Å². The fraction of sp³-hybridized carbons (Fsp3) is 0.292. The van der Waals surface area contributed by atoms with Crippen molar-refractivity contribution in [1.82, 2.24) is 14.5 Å². The minimum absolute atomic E-state index is 0.180. The number of rotatable bonds is 7. The number of hydrogen-bond donors (Lipinski definition) is 1. The lowest BCUT2D eigenvalue weighted by Gasteiger charge is -2.18. The third kappa shape index (κ3) is 5.23. The molecule has 0 fully saturated rings. The molecule has 2 aromatic heterocycles. The van der Waals surface area contributed by atoms with Crippen molar-refractivity contribution in [2.24, 2.45) is 0 Å². The van der Waals surface area contributed by atoms with Crippen molar-refractivity contribution in [3.05, 3.63) is 75.3 Å². The predicted molar refractivity (Wildman–Crippen MR) is 133 cm³/mol. The molecular formula is C24H24ClN3O2S2. The van der Waals surface area contributed by atoms with Crippen molar-refractivity contribution in [3.63, 3.8) is 0 Å². The molecule has 0 unspecified atom stereocenters. The van der Waals surface area contributed by atoms with Crippen LogP contribution in [0.3, 0.4) is 0 Å². The Labute approximate surface area is 200 Å². The molecule has 2 heterocycles. The summed E-state index contributed by atoms with van der Waals surface area (Å²) >= 11 is 8.84. The van der Waals surface area contributed by atoms with Crippen molar-refractivity contribution >= 4 is 44.9 Å². The molecule has 4 aromatic rings. The van der Waals surface area contributed by atoms with Crippen LogP contribution >= 0.6 is 34.7 Å². The van der Waals surface area contributed by atoms with Crippen LogP contribution in [-0.4, -0.2) is 25.2 Å². The number of aliphatic hydroxyl groups is 1. The molecule has 166 valence electrons. The van der Waals surface area contributed by atoms with E-state index in [0.29, 0.717) is 16.5 Å². The van der Waals surface area contributed by atoms with Crippen molar-refractivity contribution < 1.29 is 5.11 Å². The molecule has 32 heavy (non-hydrogen) atoms. The van der Waals surface area contributed by atoms with Gasteiger partial charge in [0.1, 0.15) is 0 Å². The van der Waals surface area contributed by atoms with E-state index in [2.05, 4.69) is 29.0 Å². The normalized spacial score (nSPS) is 11.9. The Morgan fingerprint density at radius 2 is 2.00 bits per heavy atom. The molecule has 0 saturated carbocycles. The molecule has 0 aliphatic rings. The molecule has 5 nitrogen and oxygen atoms in total. The SMILES string of the molecule is CCc1cc(-n2ccnc(Sc3nc4ccc(Cl)cc4s3)c2=O)ccc1CCC(C)(C)O. The minimum atomic E-state index is -0.705. The summed E-state index contributed by atoms with van der Waals surface area (Å²) in [5.41, 5.74) is 3.15. The van der Waals surface area contributed by atoms with E-state index in [1.165, 1.54) is 34.2 Å². The summed E-state index contributed by atoms with van der Waals surface area (Å²) in [4.78, 5) is 22.1. The lowest BCUT2D eigenvalue weighted by molar-refractivity contribution is 0.0713. The van der Waals surface area contributed by atoms with Crippen molar-refractivity contribution in [3.8, 4) is 5.69 Å². The lowest BCUT2D eigenvalue weighted by atomic mass is 9.94. The molecule has 8 heteroatoms. The second-order valence-corrected chi connectivity index (χ2v) is 10.9. The monoisotopic (exact) mass is 485 g/mol. The van der Waals surface area contributed by atoms with Crippen LogP contribution in [0.25, 0.3) is 15.9 Å². The third-order valence-electron chi connectivity index (χ3n) is 5.18. The molecule has 0 radical (unpaired) electrons. The maximum absolute atomic E-state index is 13.2. The van der Waals surface area contributed by atoms with Gasteiger partial charge in [-0.05, 0) is 86.3 Å². The van der Waals surface area contributed by atoms with Crippen molar-refractivity contribution in [2.45, 2.75) is 55.0 Å². The number of hydrogen-bond acceptors (Lipinski definition) is 6. The molecule has 0 bridgehead atoms. The number of fused-ring (bicyclic) bond motifs is 1. The van der Waals surface area contributed by atoms with E-state index in [-0.39, 0.29) is 5.56 Å². The van der Waals surface area contributed by atoms with Gasteiger partial charge in [-0.3, -0.25) is 9.36 Å².